The summed E-state index contributed by atoms with van der Waals surface area (Å²) in [5, 5.41) is 3.11. The molecular formula is C20H23FNO4P. The van der Waals surface area contributed by atoms with Gasteiger partial charge in [0.2, 0.25) is 0 Å². The summed E-state index contributed by atoms with van der Waals surface area (Å²) < 4.78 is 42.3. The summed E-state index contributed by atoms with van der Waals surface area (Å²) in [6.45, 7) is 3.92. The summed E-state index contributed by atoms with van der Waals surface area (Å²) in [6, 6.07) is 12.9. The Morgan fingerprint density at radius 3 is 2.15 bits per heavy atom. The molecule has 0 aromatic heterocycles. The molecular weight excluding hydrogens is 368 g/mol. The second-order valence-electron chi connectivity index (χ2n) is 5.43. The van der Waals surface area contributed by atoms with Crippen LogP contribution in [0.4, 0.5) is 10.1 Å². The van der Waals surface area contributed by atoms with Gasteiger partial charge >= 0.3 is 7.60 Å². The van der Waals surface area contributed by atoms with Crippen LogP contribution in [0.5, 0.6) is 5.75 Å². The topological polar surface area (TPSA) is 56.8 Å². The van der Waals surface area contributed by atoms with E-state index in [1.54, 1.807) is 57.4 Å². The van der Waals surface area contributed by atoms with E-state index < -0.39 is 13.4 Å². The van der Waals surface area contributed by atoms with Gasteiger partial charge < -0.3 is 19.1 Å². The minimum absolute atomic E-state index is 0.219. The van der Waals surface area contributed by atoms with Crippen LogP contribution in [0.15, 0.2) is 48.5 Å². The van der Waals surface area contributed by atoms with Crippen molar-refractivity contribution in [2.45, 2.75) is 19.6 Å². The lowest BCUT2D eigenvalue weighted by molar-refractivity contribution is 0.218. The van der Waals surface area contributed by atoms with E-state index in [1.165, 1.54) is 12.1 Å². The molecule has 0 saturated heterocycles. The normalized spacial score (nSPS) is 12.0. The van der Waals surface area contributed by atoms with Gasteiger partial charge in [-0.25, -0.2) is 4.39 Å². The number of benzene rings is 2. The van der Waals surface area contributed by atoms with Crippen molar-refractivity contribution in [3.8, 4) is 17.6 Å². The minimum atomic E-state index is -3.55. The van der Waals surface area contributed by atoms with E-state index in [9.17, 15) is 8.96 Å². The van der Waals surface area contributed by atoms with Gasteiger partial charge in [0.1, 0.15) is 11.6 Å². The fraction of sp³-hybridized carbons (Fsp3) is 0.300. The quantitative estimate of drug-likeness (QED) is 0.513. The van der Waals surface area contributed by atoms with Crippen LogP contribution >= 0.6 is 7.60 Å². The number of hydrogen-bond donors (Lipinski definition) is 1. The molecule has 144 valence electrons. The van der Waals surface area contributed by atoms with Gasteiger partial charge in [-0.1, -0.05) is 11.8 Å². The van der Waals surface area contributed by atoms with Gasteiger partial charge in [-0.2, -0.15) is 0 Å². The molecule has 1 N–H and O–H groups in total. The van der Waals surface area contributed by atoms with E-state index in [0.717, 1.165) is 0 Å². The van der Waals surface area contributed by atoms with Crippen LogP contribution in [0.25, 0.3) is 0 Å². The van der Waals surface area contributed by atoms with Crippen molar-refractivity contribution in [1.82, 2.24) is 0 Å². The molecule has 5 nitrogen and oxygen atoms in total. The van der Waals surface area contributed by atoms with Gasteiger partial charge in [-0.05, 0) is 62.4 Å². The van der Waals surface area contributed by atoms with Crippen molar-refractivity contribution in [3.05, 3.63) is 59.9 Å². The number of anilines is 1. The van der Waals surface area contributed by atoms with Crippen molar-refractivity contribution in [1.29, 1.82) is 0 Å². The molecule has 0 amide bonds. The summed E-state index contributed by atoms with van der Waals surface area (Å²) in [6.07, 6.45) is 0. The Kier molecular flexibility index (Phi) is 7.87. The lowest BCUT2D eigenvalue weighted by atomic mass is 10.2. The Labute approximate surface area is 159 Å². The highest BCUT2D eigenvalue weighted by atomic mass is 31.2. The van der Waals surface area contributed by atoms with Crippen molar-refractivity contribution in [2.24, 2.45) is 0 Å². The first-order valence-electron chi connectivity index (χ1n) is 8.57. The van der Waals surface area contributed by atoms with Gasteiger partial charge in [0.05, 0.1) is 20.3 Å². The summed E-state index contributed by atoms with van der Waals surface area (Å²) in [5.74, 6) is 5.28. The number of nitrogens with one attached hydrogen (secondary N) is 1. The van der Waals surface area contributed by atoms with E-state index >= 15 is 0 Å². The Bertz CT molecular complexity index is 818. The Balaban J connectivity index is 2.34. The molecule has 2 aromatic carbocycles. The fourth-order valence-corrected chi connectivity index (χ4v) is 3.89. The lowest BCUT2D eigenvalue weighted by Gasteiger charge is -2.24. The van der Waals surface area contributed by atoms with E-state index in [2.05, 4.69) is 17.2 Å². The van der Waals surface area contributed by atoms with Crippen molar-refractivity contribution >= 4 is 13.3 Å². The number of hydrogen-bond acceptors (Lipinski definition) is 5. The maximum Gasteiger partial charge on any atom is 0.364 e. The summed E-state index contributed by atoms with van der Waals surface area (Å²) >= 11 is 0. The Hall–Kier alpha value is -2.32. The molecule has 2 aromatic rings. The maximum absolute atomic E-state index is 13.2. The molecule has 0 saturated carbocycles. The van der Waals surface area contributed by atoms with Crippen molar-refractivity contribution < 1.29 is 22.7 Å². The van der Waals surface area contributed by atoms with E-state index in [1.807, 2.05) is 0 Å². The largest absolute Gasteiger partial charge is 0.497 e. The predicted octanol–water partition coefficient (Wildman–Crippen LogP) is 4.89. The molecule has 0 radical (unpaired) electrons. The molecule has 0 aliphatic carbocycles. The van der Waals surface area contributed by atoms with Crippen LogP contribution < -0.4 is 10.1 Å². The van der Waals surface area contributed by atoms with Crippen LogP contribution in [0.1, 0.15) is 19.4 Å². The number of halogens is 1. The van der Waals surface area contributed by atoms with Gasteiger partial charge in [0.15, 0.2) is 5.78 Å². The third-order valence-corrected chi connectivity index (χ3v) is 5.65. The van der Waals surface area contributed by atoms with Gasteiger partial charge in [0.25, 0.3) is 0 Å². The standard InChI is InChI=1S/C20H23FNO4P/c1-4-25-27(23,26-5-2)20(15-8-16-6-9-17(21)10-7-16)22-18-11-13-19(24-3)14-12-18/h6-7,9-14,20,22H,4-5H2,1-3H3. The van der Waals surface area contributed by atoms with Gasteiger partial charge in [0, 0.05) is 11.3 Å². The zero-order valence-corrected chi connectivity index (χ0v) is 16.5. The first kappa shape index (κ1) is 21.0. The van der Waals surface area contributed by atoms with Gasteiger partial charge in [-0.15, -0.1) is 0 Å². The minimum Gasteiger partial charge on any atom is -0.497 e. The monoisotopic (exact) mass is 391 g/mol. The average molecular weight is 391 g/mol. The van der Waals surface area contributed by atoms with Crippen molar-refractivity contribution in [2.75, 3.05) is 25.6 Å². The molecule has 0 aliphatic heterocycles. The first-order chi connectivity index (χ1) is 13.0. The highest BCUT2D eigenvalue weighted by Crippen LogP contribution is 2.52. The first-order valence-corrected chi connectivity index (χ1v) is 10.2. The second kappa shape index (κ2) is 10.1. The smallest absolute Gasteiger partial charge is 0.364 e. The van der Waals surface area contributed by atoms with Crippen LogP contribution in [-0.4, -0.2) is 26.1 Å². The second-order valence-corrected chi connectivity index (χ2v) is 7.54. The molecule has 0 heterocycles. The van der Waals surface area contributed by atoms with E-state index in [0.29, 0.717) is 17.0 Å². The van der Waals surface area contributed by atoms with Gasteiger partial charge in [-0.3, -0.25) is 4.57 Å². The van der Waals surface area contributed by atoms with Crippen LogP contribution in [0.2, 0.25) is 0 Å². The van der Waals surface area contributed by atoms with Crippen molar-refractivity contribution in [3.63, 3.8) is 0 Å². The summed E-state index contributed by atoms with van der Waals surface area (Å²) in [5.41, 5.74) is 1.28. The Morgan fingerprint density at radius 1 is 1.04 bits per heavy atom. The molecule has 7 heteroatoms. The predicted molar refractivity (Wildman–Crippen MR) is 105 cm³/mol. The lowest BCUT2D eigenvalue weighted by Crippen LogP contribution is -2.21. The van der Waals surface area contributed by atoms with E-state index in [4.69, 9.17) is 13.8 Å². The Morgan fingerprint density at radius 2 is 1.63 bits per heavy atom. The third kappa shape index (κ3) is 6.11. The molecule has 0 bridgehead atoms. The highest BCUT2D eigenvalue weighted by Gasteiger charge is 2.34. The van der Waals surface area contributed by atoms with Crippen LogP contribution in [0.3, 0.4) is 0 Å². The number of rotatable bonds is 8. The molecule has 1 unspecified atom stereocenters. The highest BCUT2D eigenvalue weighted by molar-refractivity contribution is 7.55. The summed E-state index contributed by atoms with van der Waals surface area (Å²) in [7, 11) is -1.97. The van der Waals surface area contributed by atoms with Crippen LogP contribution in [0, 0.1) is 17.7 Å². The maximum atomic E-state index is 13.2. The molecule has 0 spiro atoms. The zero-order valence-electron chi connectivity index (χ0n) is 15.6. The zero-order chi connectivity index (χ0) is 19.7. The molecule has 1 atom stereocenters. The SMILES string of the molecule is CCOP(=O)(OCC)C(C#Cc1ccc(F)cc1)Nc1ccc(OC)cc1. The van der Waals surface area contributed by atoms with E-state index in [-0.39, 0.29) is 19.0 Å². The molecule has 27 heavy (non-hydrogen) atoms. The fourth-order valence-electron chi connectivity index (χ4n) is 2.27. The summed E-state index contributed by atoms with van der Waals surface area (Å²) in [4.78, 5) is 0. The average Bonchev–Trinajstić information content (AvgIpc) is 2.67. The number of methoxy groups -OCH3 is 1. The molecule has 0 fully saturated rings. The molecule has 2 rings (SSSR count). The third-order valence-electron chi connectivity index (χ3n) is 3.53. The molecule has 0 aliphatic rings. The van der Waals surface area contributed by atoms with Crippen LogP contribution in [-0.2, 0) is 13.6 Å². The number of ether oxygens (including phenoxy) is 1.